The Kier molecular flexibility index (Phi) is 3.92. The first-order valence-corrected chi connectivity index (χ1v) is 7.66. The zero-order chi connectivity index (χ0) is 15.7. The number of aryl methyl sites for hydroxylation is 2. The zero-order valence-electron chi connectivity index (χ0n) is 13.3. The highest BCUT2D eigenvalue weighted by atomic mass is 16.2. The minimum absolute atomic E-state index is 0.124. The molecule has 22 heavy (non-hydrogen) atoms. The number of likely N-dealkylation sites (tertiary alicyclic amines) is 1. The Bertz CT molecular complexity index is 694. The van der Waals surface area contributed by atoms with Crippen molar-refractivity contribution in [1.29, 1.82) is 0 Å². The molecule has 0 radical (unpaired) electrons. The molecule has 116 valence electrons. The van der Waals surface area contributed by atoms with E-state index in [9.17, 15) is 4.79 Å². The first kappa shape index (κ1) is 14.7. The van der Waals surface area contributed by atoms with Crippen molar-refractivity contribution in [2.75, 3.05) is 13.1 Å². The van der Waals surface area contributed by atoms with Crippen LogP contribution in [0, 0.1) is 13.8 Å². The van der Waals surface area contributed by atoms with E-state index < -0.39 is 0 Å². The Morgan fingerprint density at radius 3 is 2.86 bits per heavy atom. The molecule has 0 saturated carbocycles. The van der Waals surface area contributed by atoms with Crippen LogP contribution in [-0.4, -0.2) is 43.8 Å². The van der Waals surface area contributed by atoms with Crippen LogP contribution in [0.15, 0.2) is 12.3 Å². The van der Waals surface area contributed by atoms with Crippen molar-refractivity contribution in [2.45, 2.75) is 39.5 Å². The number of carbonyl (C=O) groups excluding carboxylic acids is 1. The van der Waals surface area contributed by atoms with Crippen LogP contribution in [-0.2, 0) is 4.79 Å². The third-order valence-electron chi connectivity index (χ3n) is 4.05. The van der Waals surface area contributed by atoms with Gasteiger partial charge >= 0.3 is 0 Å². The normalized spacial score (nSPS) is 18.5. The van der Waals surface area contributed by atoms with Crippen molar-refractivity contribution in [3.63, 3.8) is 0 Å². The van der Waals surface area contributed by atoms with Crippen LogP contribution in [0.5, 0.6) is 0 Å². The summed E-state index contributed by atoms with van der Waals surface area (Å²) >= 11 is 0. The maximum atomic E-state index is 11.6. The van der Waals surface area contributed by atoms with Crippen molar-refractivity contribution in [2.24, 2.45) is 0 Å². The highest BCUT2D eigenvalue weighted by molar-refractivity contribution is 5.73. The van der Waals surface area contributed by atoms with Crippen molar-refractivity contribution in [3.8, 4) is 11.5 Å². The molecular formula is C16H21N5O. The number of hydrogen-bond acceptors (Lipinski definition) is 4. The van der Waals surface area contributed by atoms with Gasteiger partial charge in [-0.2, -0.15) is 0 Å². The quantitative estimate of drug-likeness (QED) is 0.922. The summed E-state index contributed by atoms with van der Waals surface area (Å²) in [5.41, 5.74) is 2.75. The Balaban J connectivity index is 1.90. The van der Waals surface area contributed by atoms with E-state index in [1.54, 1.807) is 13.1 Å². The molecule has 1 aliphatic rings. The molecule has 0 unspecified atom stereocenters. The van der Waals surface area contributed by atoms with Gasteiger partial charge in [0.15, 0.2) is 5.82 Å². The van der Waals surface area contributed by atoms with Gasteiger partial charge in [-0.1, -0.05) is 0 Å². The molecule has 3 rings (SSSR count). The third kappa shape index (κ3) is 3.00. The van der Waals surface area contributed by atoms with Crippen LogP contribution < -0.4 is 0 Å². The van der Waals surface area contributed by atoms with Crippen LogP contribution in [0.1, 0.15) is 42.9 Å². The number of carbonyl (C=O) groups is 1. The standard InChI is InChI=1S/C16H21N5O/c1-10-7-14(16-17-8-11(2)19-16)20-15(18-10)13-5-4-6-21(9-13)12(3)22/h7-8,13H,4-6,9H2,1-3H3,(H,17,19)/t13-/m1/s1. The second kappa shape index (κ2) is 5.87. The lowest BCUT2D eigenvalue weighted by atomic mass is 9.97. The van der Waals surface area contributed by atoms with E-state index in [0.29, 0.717) is 6.54 Å². The van der Waals surface area contributed by atoms with Gasteiger partial charge in [0.1, 0.15) is 11.5 Å². The van der Waals surface area contributed by atoms with Crippen LogP contribution in [0.2, 0.25) is 0 Å². The number of nitrogens with one attached hydrogen (secondary N) is 1. The van der Waals surface area contributed by atoms with Crippen molar-refractivity contribution < 1.29 is 4.79 Å². The number of H-pyrrole nitrogens is 1. The maximum Gasteiger partial charge on any atom is 0.219 e. The fraction of sp³-hybridized carbons (Fsp3) is 0.500. The van der Waals surface area contributed by atoms with Gasteiger partial charge in [-0.15, -0.1) is 0 Å². The van der Waals surface area contributed by atoms with E-state index in [2.05, 4.69) is 15.0 Å². The molecule has 1 fully saturated rings. The highest BCUT2D eigenvalue weighted by Crippen LogP contribution is 2.26. The van der Waals surface area contributed by atoms with Crippen molar-refractivity contribution >= 4 is 5.91 Å². The molecule has 0 bridgehead atoms. The van der Waals surface area contributed by atoms with Gasteiger partial charge in [0.25, 0.3) is 0 Å². The van der Waals surface area contributed by atoms with Crippen LogP contribution in [0.25, 0.3) is 11.5 Å². The van der Waals surface area contributed by atoms with Crippen molar-refractivity contribution in [1.82, 2.24) is 24.8 Å². The number of hydrogen-bond donors (Lipinski definition) is 1. The summed E-state index contributed by atoms with van der Waals surface area (Å²) < 4.78 is 0. The molecule has 1 amide bonds. The molecule has 0 spiro atoms. The topological polar surface area (TPSA) is 74.8 Å². The van der Waals surface area contributed by atoms with E-state index in [-0.39, 0.29) is 11.8 Å². The third-order valence-corrected chi connectivity index (χ3v) is 4.05. The molecule has 1 aliphatic heterocycles. The summed E-state index contributed by atoms with van der Waals surface area (Å²) in [6, 6.07) is 1.94. The Morgan fingerprint density at radius 1 is 1.36 bits per heavy atom. The van der Waals surface area contributed by atoms with Gasteiger partial charge in [0, 0.05) is 43.5 Å². The van der Waals surface area contributed by atoms with E-state index in [0.717, 1.165) is 48.1 Å². The molecule has 0 aromatic carbocycles. The lowest BCUT2D eigenvalue weighted by Crippen LogP contribution is -2.38. The Labute approximate surface area is 130 Å². The van der Waals surface area contributed by atoms with Gasteiger partial charge in [0.05, 0.1) is 0 Å². The van der Waals surface area contributed by atoms with Gasteiger partial charge in [0.2, 0.25) is 5.91 Å². The summed E-state index contributed by atoms with van der Waals surface area (Å²) in [5, 5.41) is 0. The number of imidazole rings is 1. The van der Waals surface area contributed by atoms with Gasteiger partial charge < -0.3 is 9.88 Å². The zero-order valence-corrected chi connectivity index (χ0v) is 13.3. The average Bonchev–Trinajstić information content (AvgIpc) is 2.93. The number of aromatic nitrogens is 4. The van der Waals surface area contributed by atoms with E-state index in [1.165, 1.54) is 0 Å². The molecule has 1 atom stereocenters. The smallest absolute Gasteiger partial charge is 0.219 e. The number of nitrogens with zero attached hydrogens (tertiary/aromatic N) is 4. The van der Waals surface area contributed by atoms with E-state index in [1.807, 2.05) is 24.8 Å². The van der Waals surface area contributed by atoms with Gasteiger partial charge in [-0.05, 0) is 32.8 Å². The van der Waals surface area contributed by atoms with Gasteiger partial charge in [-0.3, -0.25) is 4.79 Å². The molecule has 6 nitrogen and oxygen atoms in total. The fourth-order valence-electron chi connectivity index (χ4n) is 2.91. The maximum absolute atomic E-state index is 11.6. The molecule has 6 heteroatoms. The summed E-state index contributed by atoms with van der Waals surface area (Å²) in [6.07, 6.45) is 3.81. The fourth-order valence-corrected chi connectivity index (χ4v) is 2.91. The molecule has 2 aromatic rings. The summed E-state index contributed by atoms with van der Waals surface area (Å²) in [4.78, 5) is 30.3. The van der Waals surface area contributed by atoms with Crippen LogP contribution in [0.4, 0.5) is 0 Å². The minimum atomic E-state index is 0.124. The van der Waals surface area contributed by atoms with Gasteiger partial charge in [-0.25, -0.2) is 15.0 Å². The molecule has 0 aliphatic carbocycles. The first-order valence-electron chi connectivity index (χ1n) is 7.66. The van der Waals surface area contributed by atoms with E-state index in [4.69, 9.17) is 4.98 Å². The predicted octanol–water partition coefficient (Wildman–Crippen LogP) is 2.21. The monoisotopic (exact) mass is 299 g/mol. The van der Waals surface area contributed by atoms with Crippen LogP contribution >= 0.6 is 0 Å². The average molecular weight is 299 g/mol. The summed E-state index contributed by atoms with van der Waals surface area (Å²) in [6.45, 7) is 7.10. The molecule has 3 heterocycles. The largest absolute Gasteiger partial charge is 0.342 e. The molecule has 1 N–H and O–H groups in total. The summed E-state index contributed by atoms with van der Waals surface area (Å²) in [5.74, 6) is 1.91. The number of aromatic amines is 1. The molecule has 1 saturated heterocycles. The summed E-state index contributed by atoms with van der Waals surface area (Å²) in [7, 11) is 0. The predicted molar refractivity (Wildman–Crippen MR) is 83.3 cm³/mol. The lowest BCUT2D eigenvalue weighted by Gasteiger charge is -2.31. The highest BCUT2D eigenvalue weighted by Gasteiger charge is 2.25. The minimum Gasteiger partial charge on any atom is -0.342 e. The Hall–Kier alpha value is -2.24. The number of amides is 1. The first-order chi connectivity index (χ1) is 10.5. The Morgan fingerprint density at radius 2 is 2.18 bits per heavy atom. The van der Waals surface area contributed by atoms with Crippen molar-refractivity contribution in [3.05, 3.63) is 29.5 Å². The number of piperidine rings is 1. The SMILES string of the molecule is CC(=O)N1CCC[C@@H](c2nc(C)cc(-c3ncc(C)[nH]3)n2)C1. The molecular weight excluding hydrogens is 278 g/mol. The second-order valence-electron chi connectivity index (χ2n) is 5.97. The van der Waals surface area contributed by atoms with E-state index >= 15 is 0 Å². The number of rotatable bonds is 2. The lowest BCUT2D eigenvalue weighted by molar-refractivity contribution is -0.130. The second-order valence-corrected chi connectivity index (χ2v) is 5.97. The van der Waals surface area contributed by atoms with Crippen LogP contribution in [0.3, 0.4) is 0 Å². The molecule has 2 aromatic heterocycles.